The molecule has 0 aliphatic carbocycles. The standard InChI is InChI=1S/C10H15N/c1-3-9-4-6-10(7-5-9)8(2)11/h4-8H,3,11H2,1-2H3/p+1/t8-/m1/s1. The third-order valence-electron chi connectivity index (χ3n) is 1.96. The zero-order valence-electron chi connectivity index (χ0n) is 7.30. The second-order valence-electron chi connectivity index (χ2n) is 3.00. The molecule has 0 aromatic heterocycles. The van der Waals surface area contributed by atoms with E-state index in [1.807, 2.05) is 0 Å². The normalized spacial score (nSPS) is 13.0. The van der Waals surface area contributed by atoms with Gasteiger partial charge in [-0.15, -0.1) is 0 Å². The molecule has 0 bridgehead atoms. The van der Waals surface area contributed by atoms with Crippen LogP contribution in [0.4, 0.5) is 0 Å². The fourth-order valence-corrected chi connectivity index (χ4v) is 1.08. The fraction of sp³-hybridized carbons (Fsp3) is 0.400. The zero-order chi connectivity index (χ0) is 8.27. The minimum Gasteiger partial charge on any atom is -0.352 e. The Balaban J connectivity index is 2.83. The molecular weight excluding hydrogens is 134 g/mol. The summed E-state index contributed by atoms with van der Waals surface area (Å²) in [5, 5.41) is 0. The predicted molar refractivity (Wildman–Crippen MR) is 47.1 cm³/mol. The van der Waals surface area contributed by atoms with Crippen LogP contribution in [0, 0.1) is 0 Å². The lowest BCUT2D eigenvalue weighted by molar-refractivity contribution is -0.420. The van der Waals surface area contributed by atoms with Crippen LogP contribution >= 0.6 is 0 Å². The maximum atomic E-state index is 3.96. The van der Waals surface area contributed by atoms with E-state index in [0.29, 0.717) is 6.04 Å². The van der Waals surface area contributed by atoms with Gasteiger partial charge in [-0.25, -0.2) is 0 Å². The minimum atomic E-state index is 0.404. The van der Waals surface area contributed by atoms with Crippen LogP contribution in [-0.4, -0.2) is 0 Å². The predicted octanol–water partition coefficient (Wildman–Crippen LogP) is 1.55. The second-order valence-corrected chi connectivity index (χ2v) is 3.00. The van der Waals surface area contributed by atoms with Gasteiger partial charge in [0.2, 0.25) is 0 Å². The summed E-state index contributed by atoms with van der Waals surface area (Å²) in [5.74, 6) is 0. The van der Waals surface area contributed by atoms with Crippen LogP contribution in [0.25, 0.3) is 0 Å². The molecule has 1 aromatic carbocycles. The molecule has 0 heterocycles. The second kappa shape index (κ2) is 3.54. The molecule has 0 saturated carbocycles. The van der Waals surface area contributed by atoms with Gasteiger partial charge in [0.25, 0.3) is 0 Å². The van der Waals surface area contributed by atoms with Crippen LogP contribution in [0.15, 0.2) is 24.3 Å². The van der Waals surface area contributed by atoms with E-state index >= 15 is 0 Å². The molecule has 60 valence electrons. The van der Waals surface area contributed by atoms with E-state index in [-0.39, 0.29) is 0 Å². The first-order valence-corrected chi connectivity index (χ1v) is 4.16. The molecule has 0 spiro atoms. The Morgan fingerprint density at radius 3 is 2.18 bits per heavy atom. The molecule has 0 aliphatic rings. The van der Waals surface area contributed by atoms with Crippen molar-refractivity contribution >= 4 is 0 Å². The third-order valence-corrected chi connectivity index (χ3v) is 1.96. The SMILES string of the molecule is CCc1ccc([C@@H](C)[NH3+])cc1. The summed E-state index contributed by atoms with van der Waals surface area (Å²) in [6.07, 6.45) is 1.12. The lowest BCUT2D eigenvalue weighted by Gasteiger charge is -2.02. The van der Waals surface area contributed by atoms with Crippen LogP contribution in [0.5, 0.6) is 0 Å². The number of benzene rings is 1. The van der Waals surface area contributed by atoms with Crippen molar-refractivity contribution in [3.05, 3.63) is 35.4 Å². The fourth-order valence-electron chi connectivity index (χ4n) is 1.08. The highest BCUT2D eigenvalue weighted by Crippen LogP contribution is 2.09. The van der Waals surface area contributed by atoms with Crippen molar-refractivity contribution in [3.63, 3.8) is 0 Å². The Morgan fingerprint density at radius 1 is 1.27 bits per heavy atom. The summed E-state index contributed by atoms with van der Waals surface area (Å²) < 4.78 is 0. The quantitative estimate of drug-likeness (QED) is 0.662. The molecule has 0 unspecified atom stereocenters. The van der Waals surface area contributed by atoms with E-state index in [1.54, 1.807) is 0 Å². The van der Waals surface area contributed by atoms with E-state index in [9.17, 15) is 0 Å². The van der Waals surface area contributed by atoms with Crippen molar-refractivity contribution < 1.29 is 5.73 Å². The average Bonchev–Trinajstić information content (AvgIpc) is 2.05. The topological polar surface area (TPSA) is 27.6 Å². The molecule has 0 aliphatic heterocycles. The van der Waals surface area contributed by atoms with Gasteiger partial charge < -0.3 is 5.73 Å². The molecule has 3 N–H and O–H groups in total. The first-order chi connectivity index (χ1) is 5.24. The van der Waals surface area contributed by atoms with Crippen LogP contribution in [-0.2, 0) is 6.42 Å². The van der Waals surface area contributed by atoms with Gasteiger partial charge in [0.15, 0.2) is 0 Å². The molecule has 11 heavy (non-hydrogen) atoms. The van der Waals surface area contributed by atoms with Crippen molar-refractivity contribution in [2.45, 2.75) is 26.3 Å². The lowest BCUT2D eigenvalue weighted by atomic mass is 10.1. The number of hydrogen-bond acceptors (Lipinski definition) is 0. The highest BCUT2D eigenvalue weighted by Gasteiger charge is 2.00. The number of quaternary nitrogens is 1. The zero-order valence-corrected chi connectivity index (χ0v) is 7.30. The van der Waals surface area contributed by atoms with E-state index in [1.165, 1.54) is 11.1 Å². The Morgan fingerprint density at radius 2 is 1.82 bits per heavy atom. The van der Waals surface area contributed by atoms with Crippen LogP contribution in [0.2, 0.25) is 0 Å². The van der Waals surface area contributed by atoms with Gasteiger partial charge in [0.1, 0.15) is 6.04 Å². The maximum absolute atomic E-state index is 3.96. The number of rotatable bonds is 2. The summed E-state index contributed by atoms with van der Waals surface area (Å²) in [4.78, 5) is 0. The third kappa shape index (κ3) is 2.05. The molecule has 0 saturated heterocycles. The molecule has 0 fully saturated rings. The maximum Gasteiger partial charge on any atom is 0.107 e. The van der Waals surface area contributed by atoms with Crippen LogP contribution in [0.3, 0.4) is 0 Å². The smallest absolute Gasteiger partial charge is 0.107 e. The molecule has 1 nitrogen and oxygen atoms in total. The van der Waals surface area contributed by atoms with Gasteiger partial charge in [-0.05, 0) is 18.9 Å². The first kappa shape index (κ1) is 8.28. The Labute approximate surface area is 68.2 Å². The monoisotopic (exact) mass is 150 g/mol. The van der Waals surface area contributed by atoms with Crippen molar-refractivity contribution in [1.29, 1.82) is 0 Å². The van der Waals surface area contributed by atoms with Crippen LogP contribution in [0.1, 0.15) is 31.0 Å². The Hall–Kier alpha value is -0.820. The van der Waals surface area contributed by atoms with Gasteiger partial charge in [0, 0.05) is 5.56 Å². The van der Waals surface area contributed by atoms with Crippen molar-refractivity contribution in [2.75, 3.05) is 0 Å². The largest absolute Gasteiger partial charge is 0.352 e. The van der Waals surface area contributed by atoms with Gasteiger partial charge in [-0.2, -0.15) is 0 Å². The molecular formula is C10H16N+. The average molecular weight is 150 g/mol. The van der Waals surface area contributed by atoms with Crippen molar-refractivity contribution in [3.8, 4) is 0 Å². The lowest BCUT2D eigenvalue weighted by Crippen LogP contribution is -2.51. The number of aryl methyl sites for hydroxylation is 1. The first-order valence-electron chi connectivity index (χ1n) is 4.16. The van der Waals surface area contributed by atoms with E-state index < -0.39 is 0 Å². The summed E-state index contributed by atoms with van der Waals surface area (Å²) >= 11 is 0. The summed E-state index contributed by atoms with van der Waals surface area (Å²) in [6.45, 7) is 4.28. The van der Waals surface area contributed by atoms with E-state index in [2.05, 4.69) is 43.8 Å². The molecule has 0 amide bonds. The minimum absolute atomic E-state index is 0.404. The van der Waals surface area contributed by atoms with E-state index in [0.717, 1.165) is 6.42 Å². The van der Waals surface area contributed by atoms with Crippen LogP contribution < -0.4 is 5.73 Å². The summed E-state index contributed by atoms with van der Waals surface area (Å²) in [6, 6.07) is 9.09. The van der Waals surface area contributed by atoms with E-state index in [4.69, 9.17) is 0 Å². The summed E-state index contributed by atoms with van der Waals surface area (Å²) in [7, 11) is 0. The summed E-state index contributed by atoms with van der Waals surface area (Å²) in [5.41, 5.74) is 6.68. The highest BCUT2D eigenvalue weighted by atomic mass is 14.6. The van der Waals surface area contributed by atoms with Gasteiger partial charge in [-0.1, -0.05) is 31.2 Å². The molecule has 1 atom stereocenters. The molecule has 1 heteroatoms. The molecule has 0 radical (unpaired) electrons. The van der Waals surface area contributed by atoms with Gasteiger partial charge in [0.05, 0.1) is 0 Å². The molecule has 1 aromatic rings. The van der Waals surface area contributed by atoms with Gasteiger partial charge in [-0.3, -0.25) is 0 Å². The van der Waals surface area contributed by atoms with Crippen molar-refractivity contribution in [2.24, 2.45) is 0 Å². The highest BCUT2D eigenvalue weighted by molar-refractivity contribution is 5.23. The molecule has 1 rings (SSSR count). The Kier molecular flexibility index (Phi) is 2.66. The number of hydrogen-bond donors (Lipinski definition) is 1. The Bertz CT molecular complexity index is 211. The van der Waals surface area contributed by atoms with Gasteiger partial charge >= 0.3 is 0 Å². The van der Waals surface area contributed by atoms with Crippen molar-refractivity contribution in [1.82, 2.24) is 0 Å².